The predicted molar refractivity (Wildman–Crippen MR) is 105 cm³/mol. The molecule has 2 rings (SSSR count). The fourth-order valence-electron chi connectivity index (χ4n) is 2.06. The van der Waals surface area contributed by atoms with Crippen molar-refractivity contribution >= 4 is 35.6 Å². The molecule has 0 aromatic heterocycles. The van der Waals surface area contributed by atoms with Crippen LogP contribution in [0.25, 0.3) is 0 Å². The number of benzene rings is 2. The highest BCUT2D eigenvalue weighted by Crippen LogP contribution is 2.29. The number of guanidine groups is 1. The first-order chi connectivity index (χ1) is 10.6. The number of halogens is 1. The van der Waals surface area contributed by atoms with Gasteiger partial charge in [-0.05, 0) is 30.2 Å². The largest absolute Gasteiger partial charge is 0.493 e. The molecule has 0 radical (unpaired) electrons. The Morgan fingerprint density at radius 1 is 1.09 bits per heavy atom. The molecule has 0 aliphatic rings. The average molecular weight is 427 g/mol. The SMILES string of the molecule is COc1ccc(NC(N)=NCc2ccccc2C)cc1OC.I. The van der Waals surface area contributed by atoms with Crippen LogP contribution in [0.2, 0.25) is 0 Å². The van der Waals surface area contributed by atoms with E-state index in [4.69, 9.17) is 15.2 Å². The van der Waals surface area contributed by atoms with Crippen molar-refractivity contribution in [1.82, 2.24) is 0 Å². The number of nitrogens with two attached hydrogens (primary N) is 1. The highest BCUT2D eigenvalue weighted by Gasteiger charge is 2.05. The van der Waals surface area contributed by atoms with Gasteiger partial charge in [0.25, 0.3) is 0 Å². The Kier molecular flexibility index (Phi) is 7.67. The molecule has 0 amide bonds. The van der Waals surface area contributed by atoms with Crippen LogP contribution in [0.3, 0.4) is 0 Å². The number of methoxy groups -OCH3 is 2. The molecule has 0 heterocycles. The minimum absolute atomic E-state index is 0. The zero-order valence-corrected chi connectivity index (χ0v) is 15.8. The molecule has 3 N–H and O–H groups in total. The van der Waals surface area contributed by atoms with E-state index in [1.165, 1.54) is 5.56 Å². The summed E-state index contributed by atoms with van der Waals surface area (Å²) in [7, 11) is 3.19. The second-order valence-corrected chi connectivity index (χ2v) is 4.82. The molecule has 0 atom stereocenters. The predicted octanol–water partition coefficient (Wildman–Crippen LogP) is 3.56. The second-order valence-electron chi connectivity index (χ2n) is 4.82. The summed E-state index contributed by atoms with van der Waals surface area (Å²) in [4.78, 5) is 4.36. The van der Waals surface area contributed by atoms with Crippen molar-refractivity contribution in [3.8, 4) is 11.5 Å². The Hall–Kier alpha value is -1.96. The van der Waals surface area contributed by atoms with Gasteiger partial charge in [0.1, 0.15) is 0 Å². The van der Waals surface area contributed by atoms with Crippen LogP contribution in [0.15, 0.2) is 47.5 Å². The Morgan fingerprint density at radius 3 is 2.43 bits per heavy atom. The van der Waals surface area contributed by atoms with E-state index in [9.17, 15) is 0 Å². The van der Waals surface area contributed by atoms with E-state index in [1.54, 1.807) is 14.2 Å². The first-order valence-corrected chi connectivity index (χ1v) is 6.97. The number of rotatable bonds is 5. The monoisotopic (exact) mass is 427 g/mol. The lowest BCUT2D eigenvalue weighted by atomic mass is 10.1. The van der Waals surface area contributed by atoms with Crippen LogP contribution in [0.4, 0.5) is 5.69 Å². The van der Waals surface area contributed by atoms with Crippen molar-refractivity contribution in [2.75, 3.05) is 19.5 Å². The van der Waals surface area contributed by atoms with Gasteiger partial charge >= 0.3 is 0 Å². The van der Waals surface area contributed by atoms with E-state index in [-0.39, 0.29) is 24.0 Å². The molecule has 0 aliphatic carbocycles. The van der Waals surface area contributed by atoms with Crippen molar-refractivity contribution < 1.29 is 9.47 Å². The van der Waals surface area contributed by atoms with Gasteiger partial charge in [-0.25, -0.2) is 4.99 Å². The van der Waals surface area contributed by atoms with E-state index in [0.29, 0.717) is 24.0 Å². The van der Waals surface area contributed by atoms with Gasteiger partial charge in [-0.15, -0.1) is 24.0 Å². The van der Waals surface area contributed by atoms with Gasteiger partial charge < -0.3 is 20.5 Å². The fourth-order valence-corrected chi connectivity index (χ4v) is 2.06. The standard InChI is InChI=1S/C17H21N3O2.HI/c1-12-6-4-5-7-13(12)11-19-17(18)20-14-8-9-15(21-2)16(10-14)22-3;/h4-10H,11H2,1-3H3,(H3,18,19,20);1H. The van der Waals surface area contributed by atoms with Gasteiger partial charge in [0.2, 0.25) is 0 Å². The number of aryl methyl sites for hydroxylation is 1. The Morgan fingerprint density at radius 2 is 1.78 bits per heavy atom. The second kappa shape index (κ2) is 9.24. The first kappa shape index (κ1) is 19.1. The molecule has 0 saturated heterocycles. The summed E-state index contributed by atoms with van der Waals surface area (Å²) in [6.07, 6.45) is 0. The van der Waals surface area contributed by atoms with Crippen LogP contribution in [-0.4, -0.2) is 20.2 Å². The maximum Gasteiger partial charge on any atom is 0.193 e. The Labute approximate surface area is 153 Å². The van der Waals surface area contributed by atoms with Gasteiger partial charge in [-0.1, -0.05) is 24.3 Å². The number of nitrogens with zero attached hydrogens (tertiary/aromatic N) is 1. The molecule has 2 aromatic rings. The summed E-state index contributed by atoms with van der Waals surface area (Å²) < 4.78 is 10.5. The summed E-state index contributed by atoms with van der Waals surface area (Å²) >= 11 is 0. The van der Waals surface area contributed by atoms with Crippen molar-refractivity contribution in [3.63, 3.8) is 0 Å². The molecule has 0 spiro atoms. The van der Waals surface area contributed by atoms with Gasteiger partial charge in [-0.2, -0.15) is 0 Å². The zero-order valence-electron chi connectivity index (χ0n) is 13.5. The van der Waals surface area contributed by atoms with Crippen molar-refractivity contribution in [2.45, 2.75) is 13.5 Å². The number of aliphatic imine (C=N–C) groups is 1. The van der Waals surface area contributed by atoms with E-state index in [0.717, 1.165) is 11.3 Å². The smallest absolute Gasteiger partial charge is 0.193 e. The fraction of sp³-hybridized carbons (Fsp3) is 0.235. The van der Waals surface area contributed by atoms with E-state index < -0.39 is 0 Å². The lowest BCUT2D eigenvalue weighted by Gasteiger charge is -2.11. The first-order valence-electron chi connectivity index (χ1n) is 6.97. The third kappa shape index (κ3) is 5.31. The summed E-state index contributed by atoms with van der Waals surface area (Å²) in [6, 6.07) is 13.6. The average Bonchev–Trinajstić information content (AvgIpc) is 2.54. The Bertz CT molecular complexity index is 675. The van der Waals surface area contributed by atoms with Gasteiger partial charge in [0.05, 0.1) is 20.8 Å². The molecular weight excluding hydrogens is 405 g/mol. The molecule has 2 aromatic carbocycles. The van der Waals surface area contributed by atoms with Crippen molar-refractivity contribution in [1.29, 1.82) is 0 Å². The zero-order chi connectivity index (χ0) is 15.9. The molecule has 23 heavy (non-hydrogen) atoms. The third-order valence-electron chi connectivity index (χ3n) is 3.34. The number of hydrogen-bond donors (Lipinski definition) is 2. The van der Waals surface area contributed by atoms with E-state index in [2.05, 4.69) is 23.3 Å². The molecule has 0 unspecified atom stereocenters. The molecule has 0 fully saturated rings. The van der Waals surface area contributed by atoms with Crippen molar-refractivity contribution in [3.05, 3.63) is 53.6 Å². The van der Waals surface area contributed by atoms with E-state index in [1.807, 2.05) is 36.4 Å². The molecule has 0 saturated carbocycles. The highest BCUT2D eigenvalue weighted by molar-refractivity contribution is 14.0. The van der Waals surface area contributed by atoms with Crippen LogP contribution in [0.1, 0.15) is 11.1 Å². The Balaban J connectivity index is 0.00000264. The molecular formula is C17H22IN3O2. The molecule has 124 valence electrons. The summed E-state index contributed by atoms with van der Waals surface area (Å²) in [5.41, 5.74) is 9.08. The van der Waals surface area contributed by atoms with E-state index >= 15 is 0 Å². The summed E-state index contributed by atoms with van der Waals surface area (Å²) in [5, 5.41) is 3.05. The van der Waals surface area contributed by atoms with Crippen LogP contribution in [0, 0.1) is 6.92 Å². The summed E-state index contributed by atoms with van der Waals surface area (Å²) in [5.74, 6) is 1.66. The lowest BCUT2D eigenvalue weighted by molar-refractivity contribution is 0.355. The highest BCUT2D eigenvalue weighted by atomic mass is 127. The van der Waals surface area contributed by atoms with Crippen LogP contribution in [-0.2, 0) is 6.54 Å². The number of ether oxygens (including phenoxy) is 2. The molecule has 5 nitrogen and oxygen atoms in total. The molecule has 0 aliphatic heterocycles. The third-order valence-corrected chi connectivity index (χ3v) is 3.34. The normalized spacial score (nSPS) is 10.7. The minimum atomic E-state index is 0. The van der Waals surface area contributed by atoms with Crippen molar-refractivity contribution in [2.24, 2.45) is 10.7 Å². The van der Waals surface area contributed by atoms with Gasteiger partial charge in [-0.3, -0.25) is 0 Å². The number of nitrogens with one attached hydrogen (secondary N) is 1. The van der Waals surface area contributed by atoms with Crippen LogP contribution < -0.4 is 20.5 Å². The van der Waals surface area contributed by atoms with Crippen LogP contribution in [0.5, 0.6) is 11.5 Å². The summed E-state index contributed by atoms with van der Waals surface area (Å²) in [6.45, 7) is 2.60. The minimum Gasteiger partial charge on any atom is -0.493 e. The van der Waals surface area contributed by atoms with Gasteiger partial charge in [0, 0.05) is 11.8 Å². The number of hydrogen-bond acceptors (Lipinski definition) is 3. The maximum absolute atomic E-state index is 5.93. The molecule has 6 heteroatoms. The maximum atomic E-state index is 5.93. The van der Waals surface area contributed by atoms with Gasteiger partial charge in [0.15, 0.2) is 17.5 Å². The van der Waals surface area contributed by atoms with Crippen LogP contribution >= 0.6 is 24.0 Å². The quantitative estimate of drug-likeness (QED) is 0.435. The molecule has 0 bridgehead atoms. The number of anilines is 1. The lowest BCUT2D eigenvalue weighted by Crippen LogP contribution is -2.22. The topological polar surface area (TPSA) is 68.9 Å².